The zero-order chi connectivity index (χ0) is 9.80. The van der Waals surface area contributed by atoms with Crippen LogP contribution in [0.4, 0.5) is 0 Å². The van der Waals surface area contributed by atoms with Crippen LogP contribution in [0.2, 0.25) is 0 Å². The molecule has 14 heavy (non-hydrogen) atoms. The Morgan fingerprint density at radius 2 is 1.93 bits per heavy atom. The van der Waals surface area contributed by atoms with E-state index in [1.54, 1.807) is 0 Å². The van der Waals surface area contributed by atoms with E-state index in [2.05, 4.69) is 54.4 Å². The molecule has 0 N–H and O–H groups in total. The first kappa shape index (κ1) is 9.32. The lowest BCUT2D eigenvalue weighted by Gasteiger charge is -2.19. The first-order valence-corrected chi connectivity index (χ1v) is 5.33. The molecule has 0 spiro atoms. The molecule has 74 valence electrons. The number of likely N-dealkylation sites (tertiary alicyclic amines) is 1. The van der Waals surface area contributed by atoms with E-state index in [1.807, 2.05) is 0 Å². The van der Waals surface area contributed by atoms with Crippen LogP contribution in [-0.2, 0) is 0 Å². The summed E-state index contributed by atoms with van der Waals surface area (Å²) in [5.41, 5.74) is 1.34. The number of hydrogen-bond donors (Lipinski definition) is 0. The van der Waals surface area contributed by atoms with Crippen LogP contribution >= 0.6 is 0 Å². The molecule has 1 heteroatoms. The maximum Gasteiger partial charge on any atom is 0.0366 e. The number of rotatable bonds is 1. The van der Waals surface area contributed by atoms with Crippen molar-refractivity contribution in [3.8, 4) is 0 Å². The minimum atomic E-state index is 0.842. The van der Waals surface area contributed by atoms with Crippen LogP contribution in [0.1, 0.15) is 13.3 Å². The van der Waals surface area contributed by atoms with Crippen molar-refractivity contribution in [3.63, 3.8) is 0 Å². The van der Waals surface area contributed by atoms with Gasteiger partial charge in [-0.05, 0) is 24.5 Å². The van der Waals surface area contributed by atoms with Crippen molar-refractivity contribution in [2.24, 2.45) is 5.92 Å². The Bertz CT molecular complexity index is 307. The molecule has 0 bridgehead atoms. The molecule has 2 aliphatic rings. The summed E-state index contributed by atoms with van der Waals surface area (Å²) >= 11 is 0. The van der Waals surface area contributed by atoms with Crippen LogP contribution < -0.4 is 0 Å². The van der Waals surface area contributed by atoms with Crippen LogP contribution in [0.5, 0.6) is 0 Å². The molecule has 0 aromatic rings. The Morgan fingerprint density at radius 3 is 2.71 bits per heavy atom. The summed E-state index contributed by atoms with van der Waals surface area (Å²) in [6, 6.07) is 0. The normalized spacial score (nSPS) is 36.8. The minimum Gasteiger partial charge on any atom is -0.371 e. The van der Waals surface area contributed by atoms with Gasteiger partial charge in [0.05, 0.1) is 0 Å². The fourth-order valence-corrected chi connectivity index (χ4v) is 1.94. The number of hydrogen-bond acceptors (Lipinski definition) is 1. The second-order valence-corrected chi connectivity index (χ2v) is 4.06. The predicted octanol–water partition coefficient (Wildman–Crippen LogP) is 2.89. The predicted molar refractivity (Wildman–Crippen MR) is 60.9 cm³/mol. The fraction of sp³-hybridized carbons (Fsp3) is 0.385. The summed E-state index contributed by atoms with van der Waals surface area (Å²) < 4.78 is 0. The summed E-state index contributed by atoms with van der Waals surface area (Å²) in [7, 11) is 0. The van der Waals surface area contributed by atoms with Crippen molar-refractivity contribution in [2.75, 3.05) is 13.1 Å². The van der Waals surface area contributed by atoms with Gasteiger partial charge in [-0.25, -0.2) is 0 Å². The third-order valence-electron chi connectivity index (χ3n) is 2.77. The van der Waals surface area contributed by atoms with E-state index in [0.29, 0.717) is 0 Å². The first-order chi connectivity index (χ1) is 6.86. The first-order valence-electron chi connectivity index (χ1n) is 5.33. The monoisotopic (exact) mass is 187 g/mol. The molecule has 1 atom stereocenters. The zero-order valence-electron chi connectivity index (χ0n) is 8.69. The Morgan fingerprint density at radius 1 is 1.14 bits per heavy atom. The molecule has 2 rings (SSSR count). The summed E-state index contributed by atoms with van der Waals surface area (Å²) in [6.07, 6.45) is 16.1. The molecule has 0 radical (unpaired) electrons. The third kappa shape index (κ3) is 2.16. The molecule has 1 nitrogen and oxygen atoms in total. The van der Waals surface area contributed by atoms with Crippen molar-refractivity contribution in [1.29, 1.82) is 0 Å². The van der Waals surface area contributed by atoms with Crippen LogP contribution in [-0.4, -0.2) is 18.0 Å². The molecular weight excluding hydrogens is 170 g/mol. The Kier molecular flexibility index (Phi) is 2.87. The van der Waals surface area contributed by atoms with Gasteiger partial charge in [0.15, 0.2) is 0 Å². The second-order valence-electron chi connectivity index (χ2n) is 4.06. The van der Waals surface area contributed by atoms with Crippen molar-refractivity contribution >= 4 is 0 Å². The van der Waals surface area contributed by atoms with Crippen molar-refractivity contribution < 1.29 is 0 Å². The lowest BCUT2D eigenvalue weighted by molar-refractivity contribution is 0.423. The highest BCUT2D eigenvalue weighted by molar-refractivity contribution is 5.30. The average molecular weight is 187 g/mol. The molecule has 1 unspecified atom stereocenters. The quantitative estimate of drug-likeness (QED) is 0.610. The molecule has 1 saturated heterocycles. The van der Waals surface area contributed by atoms with Gasteiger partial charge in [-0.1, -0.05) is 37.3 Å². The van der Waals surface area contributed by atoms with Gasteiger partial charge in [-0.15, -0.1) is 0 Å². The number of nitrogens with zero attached hydrogens (tertiary/aromatic N) is 1. The van der Waals surface area contributed by atoms with Gasteiger partial charge in [0.1, 0.15) is 0 Å². The molecule has 1 aliphatic carbocycles. The maximum atomic E-state index is 2.46. The topological polar surface area (TPSA) is 3.24 Å². The van der Waals surface area contributed by atoms with Gasteiger partial charge >= 0.3 is 0 Å². The molecule has 1 heterocycles. The van der Waals surface area contributed by atoms with Gasteiger partial charge in [0.2, 0.25) is 0 Å². The van der Waals surface area contributed by atoms with E-state index < -0.39 is 0 Å². The lowest BCUT2D eigenvalue weighted by Crippen LogP contribution is -2.18. The standard InChI is InChI=1S/C13H17N/c1-12-9-10-14(11-12)13-7-5-3-2-4-6-8-13/h2-8,12H,9-11H2,1H3/b3-2-,4-2?,5-3?,6-4-,7-5-,8-6?,13-7?,13-8+. The Hall–Kier alpha value is -1.24. The molecule has 0 saturated carbocycles. The van der Waals surface area contributed by atoms with Crippen LogP contribution in [0, 0.1) is 5.92 Å². The summed E-state index contributed by atoms with van der Waals surface area (Å²) in [5.74, 6) is 0.842. The maximum absolute atomic E-state index is 2.46. The van der Waals surface area contributed by atoms with Crippen LogP contribution in [0.25, 0.3) is 0 Å². The number of allylic oxidation sites excluding steroid dienone is 7. The van der Waals surface area contributed by atoms with Gasteiger partial charge in [-0.2, -0.15) is 0 Å². The molecule has 1 fully saturated rings. The smallest absolute Gasteiger partial charge is 0.0366 e. The molecule has 0 aromatic heterocycles. The highest BCUT2D eigenvalue weighted by Gasteiger charge is 2.18. The summed E-state index contributed by atoms with van der Waals surface area (Å²) in [4.78, 5) is 2.46. The Balaban J connectivity index is 2.09. The Labute approximate surface area is 86.1 Å². The van der Waals surface area contributed by atoms with Crippen LogP contribution in [0.15, 0.2) is 48.2 Å². The van der Waals surface area contributed by atoms with E-state index in [1.165, 1.54) is 25.2 Å². The fourth-order valence-electron chi connectivity index (χ4n) is 1.94. The van der Waals surface area contributed by atoms with E-state index in [-0.39, 0.29) is 0 Å². The molecule has 1 aliphatic heterocycles. The van der Waals surface area contributed by atoms with Gasteiger partial charge < -0.3 is 4.90 Å². The zero-order valence-corrected chi connectivity index (χ0v) is 8.69. The highest BCUT2D eigenvalue weighted by Crippen LogP contribution is 2.20. The molecule has 0 aromatic carbocycles. The summed E-state index contributed by atoms with van der Waals surface area (Å²) in [5, 5.41) is 0. The van der Waals surface area contributed by atoms with E-state index in [9.17, 15) is 0 Å². The van der Waals surface area contributed by atoms with Crippen LogP contribution in [0.3, 0.4) is 0 Å². The summed E-state index contributed by atoms with van der Waals surface area (Å²) in [6.45, 7) is 4.73. The van der Waals surface area contributed by atoms with E-state index >= 15 is 0 Å². The second kappa shape index (κ2) is 4.32. The van der Waals surface area contributed by atoms with Crippen molar-refractivity contribution in [2.45, 2.75) is 13.3 Å². The molecule has 0 amide bonds. The highest BCUT2D eigenvalue weighted by atomic mass is 15.2. The SMILES string of the molecule is CC1CCN(C2=C/C=C\C=C/C=C\2)C1. The van der Waals surface area contributed by atoms with Gasteiger partial charge in [-0.3, -0.25) is 0 Å². The third-order valence-corrected chi connectivity index (χ3v) is 2.77. The lowest BCUT2D eigenvalue weighted by atomic mass is 10.2. The van der Waals surface area contributed by atoms with E-state index in [4.69, 9.17) is 0 Å². The average Bonchev–Trinajstić information content (AvgIpc) is 2.51. The van der Waals surface area contributed by atoms with Crippen molar-refractivity contribution in [1.82, 2.24) is 4.90 Å². The van der Waals surface area contributed by atoms with E-state index in [0.717, 1.165) is 5.92 Å². The molecular formula is C13H17N. The van der Waals surface area contributed by atoms with Gasteiger partial charge in [0, 0.05) is 18.8 Å². The van der Waals surface area contributed by atoms with Crippen molar-refractivity contribution in [3.05, 3.63) is 48.2 Å². The largest absolute Gasteiger partial charge is 0.371 e. The minimum absolute atomic E-state index is 0.842. The van der Waals surface area contributed by atoms with Gasteiger partial charge in [0.25, 0.3) is 0 Å².